The molecule has 1 amide bonds. The number of halogens is 2. The van der Waals surface area contributed by atoms with Gasteiger partial charge in [0.05, 0.1) is 12.5 Å². The van der Waals surface area contributed by atoms with Crippen LogP contribution in [0.3, 0.4) is 0 Å². The second-order valence-corrected chi connectivity index (χ2v) is 11.1. The van der Waals surface area contributed by atoms with Crippen molar-refractivity contribution in [3.05, 3.63) is 69.7 Å². The van der Waals surface area contributed by atoms with Crippen LogP contribution in [0.25, 0.3) is 0 Å². The van der Waals surface area contributed by atoms with Gasteiger partial charge in [0.15, 0.2) is 0 Å². The number of benzene rings is 2. The van der Waals surface area contributed by atoms with Crippen molar-refractivity contribution in [2.75, 3.05) is 6.54 Å². The molecule has 1 N–H and O–H groups in total. The van der Waals surface area contributed by atoms with Crippen LogP contribution in [-0.2, 0) is 9.59 Å². The van der Waals surface area contributed by atoms with Crippen LogP contribution in [0.5, 0.6) is 0 Å². The minimum atomic E-state index is -0.940. The fourth-order valence-corrected chi connectivity index (χ4v) is 6.14. The molecule has 6 heteroatoms. The molecule has 0 radical (unpaired) electrons. The van der Waals surface area contributed by atoms with Crippen LogP contribution in [0.15, 0.2) is 48.5 Å². The number of carbonyl (C=O) groups is 2. The van der Waals surface area contributed by atoms with Crippen LogP contribution in [-0.4, -0.2) is 28.4 Å². The Kier molecular flexibility index (Phi) is 7.07. The highest BCUT2D eigenvalue weighted by Crippen LogP contribution is 2.49. The molecule has 4 nitrogen and oxygen atoms in total. The fraction of sp³-hybridized carbons (Fsp3) is 0.481. The molecule has 4 rings (SSSR count). The third kappa shape index (κ3) is 5.22. The Labute approximate surface area is 205 Å². The lowest BCUT2D eigenvalue weighted by Gasteiger charge is -2.47. The summed E-state index contributed by atoms with van der Waals surface area (Å²) in [5.74, 6) is -1.24. The van der Waals surface area contributed by atoms with E-state index < -0.39 is 11.9 Å². The van der Waals surface area contributed by atoms with Crippen LogP contribution >= 0.6 is 23.2 Å². The molecule has 2 fully saturated rings. The van der Waals surface area contributed by atoms with E-state index in [9.17, 15) is 14.7 Å². The lowest BCUT2D eigenvalue weighted by Crippen LogP contribution is -2.50. The number of carbonyl (C=O) groups excluding carboxylic acids is 1. The molecule has 2 aromatic carbocycles. The van der Waals surface area contributed by atoms with E-state index in [2.05, 4.69) is 13.8 Å². The SMILES string of the molecule is CC1(C)CCCC1CN1C(=O)C(CC(=O)O)CC(c2cccc(Cl)c2)C1c1ccc(Cl)cc1. The molecule has 1 aliphatic heterocycles. The van der Waals surface area contributed by atoms with Gasteiger partial charge >= 0.3 is 5.97 Å². The van der Waals surface area contributed by atoms with E-state index in [-0.39, 0.29) is 29.7 Å². The number of hydrogen-bond acceptors (Lipinski definition) is 2. The van der Waals surface area contributed by atoms with Crippen molar-refractivity contribution in [3.63, 3.8) is 0 Å². The maximum Gasteiger partial charge on any atom is 0.304 e. The Morgan fingerprint density at radius 3 is 2.42 bits per heavy atom. The standard InChI is InChI=1S/C27H31Cl2NO3/c1-27(2)12-4-6-20(27)16-30-25(17-8-10-21(28)11-9-17)23(18-5-3-7-22(29)13-18)14-19(26(30)33)15-24(31)32/h3,5,7-11,13,19-20,23,25H,4,6,12,14-16H2,1-2H3,(H,31,32). The van der Waals surface area contributed by atoms with Gasteiger partial charge in [-0.25, -0.2) is 0 Å². The topological polar surface area (TPSA) is 57.6 Å². The van der Waals surface area contributed by atoms with Gasteiger partial charge < -0.3 is 10.0 Å². The number of piperidine rings is 1. The van der Waals surface area contributed by atoms with E-state index in [1.54, 1.807) is 0 Å². The number of amides is 1. The first-order chi connectivity index (χ1) is 15.7. The third-order valence-electron chi connectivity index (χ3n) is 7.69. The zero-order chi connectivity index (χ0) is 23.8. The van der Waals surface area contributed by atoms with E-state index in [1.807, 2.05) is 53.4 Å². The molecular formula is C27H31Cl2NO3. The van der Waals surface area contributed by atoms with Crippen molar-refractivity contribution < 1.29 is 14.7 Å². The number of carboxylic acid groups (broad SMARTS) is 1. The molecule has 1 aliphatic carbocycles. The summed E-state index contributed by atoms with van der Waals surface area (Å²) >= 11 is 12.5. The van der Waals surface area contributed by atoms with Crippen molar-refractivity contribution in [1.29, 1.82) is 0 Å². The minimum Gasteiger partial charge on any atom is -0.481 e. The van der Waals surface area contributed by atoms with E-state index in [4.69, 9.17) is 23.2 Å². The third-order valence-corrected chi connectivity index (χ3v) is 8.18. The Morgan fingerprint density at radius 1 is 1.09 bits per heavy atom. The summed E-state index contributed by atoms with van der Waals surface area (Å²) < 4.78 is 0. The first kappa shape index (κ1) is 24.1. The quantitative estimate of drug-likeness (QED) is 0.478. The maximum atomic E-state index is 13.8. The summed E-state index contributed by atoms with van der Waals surface area (Å²) in [4.78, 5) is 27.4. The second kappa shape index (κ2) is 9.68. The van der Waals surface area contributed by atoms with Crippen molar-refractivity contribution >= 4 is 35.1 Å². The predicted molar refractivity (Wildman–Crippen MR) is 132 cm³/mol. The van der Waals surface area contributed by atoms with E-state index >= 15 is 0 Å². The van der Waals surface area contributed by atoms with E-state index in [0.29, 0.717) is 28.9 Å². The molecule has 1 heterocycles. The largest absolute Gasteiger partial charge is 0.481 e. The van der Waals surface area contributed by atoms with Crippen LogP contribution in [0.2, 0.25) is 10.0 Å². The molecule has 0 spiro atoms. The number of hydrogen-bond donors (Lipinski definition) is 1. The van der Waals surface area contributed by atoms with Crippen LogP contribution < -0.4 is 0 Å². The normalized spacial score (nSPS) is 27.0. The van der Waals surface area contributed by atoms with Crippen molar-refractivity contribution in [2.24, 2.45) is 17.3 Å². The summed E-state index contributed by atoms with van der Waals surface area (Å²) in [5, 5.41) is 10.8. The Balaban J connectivity index is 1.80. The summed E-state index contributed by atoms with van der Waals surface area (Å²) in [5.41, 5.74) is 2.19. The summed E-state index contributed by atoms with van der Waals surface area (Å²) in [6, 6.07) is 15.2. The molecule has 176 valence electrons. The van der Waals surface area contributed by atoms with Crippen molar-refractivity contribution in [3.8, 4) is 0 Å². The van der Waals surface area contributed by atoms with Crippen LogP contribution in [0.4, 0.5) is 0 Å². The van der Waals surface area contributed by atoms with Gasteiger partial charge in [0.25, 0.3) is 0 Å². The molecule has 33 heavy (non-hydrogen) atoms. The molecule has 1 saturated heterocycles. The van der Waals surface area contributed by atoms with Gasteiger partial charge in [-0.2, -0.15) is 0 Å². The predicted octanol–water partition coefficient (Wildman–Crippen LogP) is 6.97. The maximum absolute atomic E-state index is 13.8. The first-order valence-corrected chi connectivity index (χ1v) is 12.4. The highest BCUT2D eigenvalue weighted by molar-refractivity contribution is 6.30. The van der Waals surface area contributed by atoms with Crippen molar-refractivity contribution in [1.82, 2.24) is 4.90 Å². The number of likely N-dealkylation sites (tertiary alicyclic amines) is 1. The number of carboxylic acids is 1. The molecule has 2 aliphatic rings. The van der Waals surface area contributed by atoms with Gasteiger partial charge in [0.1, 0.15) is 0 Å². The molecule has 2 aromatic rings. The zero-order valence-corrected chi connectivity index (χ0v) is 20.6. The molecule has 4 atom stereocenters. The lowest BCUT2D eigenvalue weighted by atomic mass is 9.73. The van der Waals surface area contributed by atoms with Crippen molar-refractivity contribution in [2.45, 2.75) is 57.9 Å². The van der Waals surface area contributed by atoms with Crippen LogP contribution in [0.1, 0.15) is 69.0 Å². The van der Waals surface area contributed by atoms with Gasteiger partial charge in [0.2, 0.25) is 5.91 Å². The van der Waals surface area contributed by atoms with Gasteiger partial charge in [-0.15, -0.1) is 0 Å². The summed E-state index contributed by atoms with van der Waals surface area (Å²) in [7, 11) is 0. The molecule has 0 bridgehead atoms. The first-order valence-electron chi connectivity index (χ1n) is 11.7. The van der Waals surface area contributed by atoms with Gasteiger partial charge in [-0.3, -0.25) is 9.59 Å². The average Bonchev–Trinajstić information content (AvgIpc) is 3.09. The molecule has 0 aromatic heterocycles. The minimum absolute atomic E-state index is 0.0571. The highest BCUT2D eigenvalue weighted by Gasteiger charge is 2.46. The molecule has 4 unspecified atom stereocenters. The highest BCUT2D eigenvalue weighted by atomic mass is 35.5. The number of nitrogens with zero attached hydrogens (tertiary/aromatic N) is 1. The fourth-order valence-electron chi connectivity index (χ4n) is 5.81. The summed E-state index contributed by atoms with van der Waals surface area (Å²) in [6.07, 6.45) is 3.69. The smallest absolute Gasteiger partial charge is 0.304 e. The zero-order valence-electron chi connectivity index (χ0n) is 19.1. The monoisotopic (exact) mass is 487 g/mol. The van der Waals surface area contributed by atoms with E-state index in [0.717, 1.165) is 30.4 Å². The van der Waals surface area contributed by atoms with Gasteiger partial charge in [-0.05, 0) is 66.0 Å². The molecule has 1 saturated carbocycles. The number of rotatable bonds is 6. The lowest BCUT2D eigenvalue weighted by molar-refractivity contribution is -0.150. The van der Waals surface area contributed by atoms with Gasteiger partial charge in [0, 0.05) is 28.4 Å². The average molecular weight is 488 g/mol. The van der Waals surface area contributed by atoms with Crippen LogP contribution in [0, 0.1) is 17.3 Å². The Morgan fingerprint density at radius 2 is 1.82 bits per heavy atom. The Bertz CT molecular complexity index is 1020. The van der Waals surface area contributed by atoms with E-state index in [1.165, 1.54) is 0 Å². The second-order valence-electron chi connectivity index (χ2n) is 10.3. The molecular weight excluding hydrogens is 457 g/mol. The number of aliphatic carboxylic acids is 1. The summed E-state index contributed by atoms with van der Waals surface area (Å²) in [6.45, 7) is 5.19. The van der Waals surface area contributed by atoms with Gasteiger partial charge in [-0.1, -0.05) is 67.7 Å². The Hall–Kier alpha value is -2.04.